The van der Waals surface area contributed by atoms with E-state index in [0.717, 1.165) is 11.3 Å². The van der Waals surface area contributed by atoms with Gasteiger partial charge in [0.2, 0.25) is 5.91 Å². The van der Waals surface area contributed by atoms with Crippen molar-refractivity contribution in [3.05, 3.63) is 42.4 Å². The first-order chi connectivity index (χ1) is 11.2. The number of rotatable bonds is 3. The molecule has 2 aromatic heterocycles. The number of piperidine rings is 1. The molecule has 3 rings (SSSR count). The summed E-state index contributed by atoms with van der Waals surface area (Å²) in [6.45, 7) is 1.16. The predicted octanol–water partition coefficient (Wildman–Crippen LogP) is 1.76. The topological polar surface area (TPSA) is 63.9 Å². The maximum atomic E-state index is 12.3. The average Bonchev–Trinajstić information content (AvgIpc) is 3.02. The van der Waals surface area contributed by atoms with Crippen LogP contribution < -0.4 is 0 Å². The number of nitrogens with zero attached hydrogens (tertiary/aromatic N) is 3. The lowest BCUT2D eigenvalue weighted by Crippen LogP contribution is -2.39. The summed E-state index contributed by atoms with van der Waals surface area (Å²) in [6.07, 6.45) is 8.30. The van der Waals surface area contributed by atoms with Crippen LogP contribution in [0, 0.1) is 5.92 Å². The van der Waals surface area contributed by atoms with Crippen molar-refractivity contribution in [1.82, 2.24) is 14.3 Å². The number of methoxy groups -OCH3 is 1. The molecule has 0 aromatic carbocycles. The lowest BCUT2D eigenvalue weighted by molar-refractivity contribution is -0.148. The quantitative estimate of drug-likeness (QED) is 0.640. The summed E-state index contributed by atoms with van der Waals surface area (Å²) in [5.41, 5.74) is 1.71. The molecule has 6 heteroatoms. The average molecular weight is 313 g/mol. The van der Waals surface area contributed by atoms with Gasteiger partial charge in [-0.1, -0.05) is 6.07 Å². The molecular weight excluding hydrogens is 294 g/mol. The van der Waals surface area contributed by atoms with Crippen molar-refractivity contribution in [3.8, 4) is 0 Å². The Morgan fingerprint density at radius 2 is 2.09 bits per heavy atom. The first-order valence-corrected chi connectivity index (χ1v) is 7.66. The molecule has 2 aromatic rings. The Morgan fingerprint density at radius 1 is 1.30 bits per heavy atom. The summed E-state index contributed by atoms with van der Waals surface area (Å²) < 4.78 is 6.68. The summed E-state index contributed by atoms with van der Waals surface area (Å²) in [6, 6.07) is 5.76. The number of fused-ring (bicyclic) bond motifs is 1. The van der Waals surface area contributed by atoms with Gasteiger partial charge in [0, 0.05) is 25.4 Å². The van der Waals surface area contributed by atoms with Crippen LogP contribution >= 0.6 is 0 Å². The molecule has 0 radical (unpaired) electrons. The van der Waals surface area contributed by atoms with Crippen molar-refractivity contribution < 1.29 is 14.3 Å². The van der Waals surface area contributed by atoms with Gasteiger partial charge in [0.25, 0.3) is 0 Å². The number of amides is 1. The van der Waals surface area contributed by atoms with Gasteiger partial charge in [0.15, 0.2) is 0 Å². The highest BCUT2D eigenvalue weighted by atomic mass is 16.5. The van der Waals surface area contributed by atoms with E-state index in [1.54, 1.807) is 23.2 Å². The summed E-state index contributed by atoms with van der Waals surface area (Å²) in [5.74, 6) is -0.315. The molecule has 1 aliphatic heterocycles. The first-order valence-electron chi connectivity index (χ1n) is 7.66. The molecule has 6 nitrogen and oxygen atoms in total. The number of hydrogen-bond acceptors (Lipinski definition) is 4. The summed E-state index contributed by atoms with van der Waals surface area (Å²) in [4.78, 5) is 29.8. The zero-order chi connectivity index (χ0) is 16.2. The van der Waals surface area contributed by atoms with Crippen LogP contribution in [0.3, 0.4) is 0 Å². The van der Waals surface area contributed by atoms with Gasteiger partial charge >= 0.3 is 5.97 Å². The van der Waals surface area contributed by atoms with Crippen molar-refractivity contribution in [2.24, 2.45) is 5.92 Å². The smallest absolute Gasteiger partial charge is 0.308 e. The van der Waals surface area contributed by atoms with Crippen LogP contribution in [0.1, 0.15) is 18.5 Å². The Hall–Kier alpha value is -2.63. The van der Waals surface area contributed by atoms with Crippen LogP contribution in [0.15, 0.2) is 36.7 Å². The highest BCUT2D eigenvalue weighted by molar-refractivity contribution is 5.91. The van der Waals surface area contributed by atoms with E-state index in [2.05, 4.69) is 4.98 Å². The van der Waals surface area contributed by atoms with Gasteiger partial charge in [-0.2, -0.15) is 0 Å². The summed E-state index contributed by atoms with van der Waals surface area (Å²) in [5, 5.41) is 0. The van der Waals surface area contributed by atoms with Gasteiger partial charge < -0.3 is 14.0 Å². The third-order valence-electron chi connectivity index (χ3n) is 4.18. The summed E-state index contributed by atoms with van der Waals surface area (Å²) >= 11 is 0. The van der Waals surface area contributed by atoms with Crippen LogP contribution in [-0.2, 0) is 14.3 Å². The largest absolute Gasteiger partial charge is 0.469 e. The highest BCUT2D eigenvalue weighted by Gasteiger charge is 2.26. The zero-order valence-electron chi connectivity index (χ0n) is 13.0. The molecule has 0 spiro atoms. The number of pyridine rings is 1. The van der Waals surface area contributed by atoms with Crippen LogP contribution in [0.25, 0.3) is 11.7 Å². The lowest BCUT2D eigenvalue weighted by Gasteiger charge is -2.29. The van der Waals surface area contributed by atoms with Gasteiger partial charge in [-0.15, -0.1) is 0 Å². The molecule has 120 valence electrons. The van der Waals surface area contributed by atoms with E-state index in [4.69, 9.17) is 4.74 Å². The normalized spacial score (nSPS) is 16.1. The molecule has 0 aliphatic carbocycles. The van der Waals surface area contributed by atoms with Crippen molar-refractivity contribution >= 4 is 23.6 Å². The van der Waals surface area contributed by atoms with Gasteiger partial charge in [0.1, 0.15) is 5.65 Å². The molecule has 0 saturated carbocycles. The Labute approximate surface area is 134 Å². The number of carbonyl (C=O) groups excluding carboxylic acids is 2. The summed E-state index contributed by atoms with van der Waals surface area (Å²) in [7, 11) is 1.40. The standard InChI is InChI=1S/C17H19N3O3/c1-23-17(22)13-7-10-19(11-8-13)16(21)6-5-14-12-18-15-4-2-3-9-20(14)15/h2-6,9,12-13H,7-8,10-11H2,1H3/b6-5+. The monoisotopic (exact) mass is 313 g/mol. The fourth-order valence-electron chi connectivity index (χ4n) is 2.84. The minimum Gasteiger partial charge on any atom is -0.469 e. The maximum absolute atomic E-state index is 12.3. The van der Waals surface area contributed by atoms with Gasteiger partial charge in [-0.05, 0) is 31.1 Å². The Kier molecular flexibility index (Phi) is 4.41. The minimum absolute atomic E-state index is 0.0424. The number of imidazole rings is 1. The van der Waals surface area contributed by atoms with E-state index >= 15 is 0 Å². The van der Waals surface area contributed by atoms with Crippen molar-refractivity contribution in [2.75, 3.05) is 20.2 Å². The fraction of sp³-hybridized carbons (Fsp3) is 0.353. The molecule has 0 N–H and O–H groups in total. The van der Waals surface area contributed by atoms with Gasteiger partial charge in [-0.25, -0.2) is 4.98 Å². The molecule has 1 amide bonds. The molecule has 1 saturated heterocycles. The van der Waals surface area contributed by atoms with Crippen molar-refractivity contribution in [1.29, 1.82) is 0 Å². The second-order valence-electron chi connectivity index (χ2n) is 5.57. The number of likely N-dealkylation sites (tertiary alicyclic amines) is 1. The van der Waals surface area contributed by atoms with Crippen LogP contribution in [0.5, 0.6) is 0 Å². The second-order valence-corrected chi connectivity index (χ2v) is 5.57. The van der Waals surface area contributed by atoms with E-state index in [0.29, 0.717) is 25.9 Å². The molecular formula is C17H19N3O3. The Balaban J connectivity index is 1.62. The number of ether oxygens (including phenoxy) is 1. The second kappa shape index (κ2) is 6.64. The first kappa shape index (κ1) is 15.3. The van der Waals surface area contributed by atoms with Crippen molar-refractivity contribution in [2.45, 2.75) is 12.8 Å². The molecule has 1 aliphatic rings. The third-order valence-corrected chi connectivity index (χ3v) is 4.18. The molecule has 3 heterocycles. The van der Waals surface area contributed by atoms with Crippen LogP contribution in [0.2, 0.25) is 0 Å². The molecule has 0 bridgehead atoms. The SMILES string of the molecule is COC(=O)C1CCN(C(=O)/C=C/c2cnc3ccccn23)CC1. The maximum Gasteiger partial charge on any atom is 0.308 e. The van der Waals surface area contributed by atoms with Gasteiger partial charge in [0.05, 0.1) is 24.9 Å². The lowest BCUT2D eigenvalue weighted by atomic mass is 9.97. The van der Waals surface area contributed by atoms with E-state index < -0.39 is 0 Å². The van der Waals surface area contributed by atoms with Crippen molar-refractivity contribution in [3.63, 3.8) is 0 Å². The van der Waals surface area contributed by atoms with E-state index in [9.17, 15) is 9.59 Å². The fourth-order valence-corrected chi connectivity index (χ4v) is 2.84. The van der Waals surface area contributed by atoms with E-state index in [1.165, 1.54) is 7.11 Å². The molecule has 0 unspecified atom stereocenters. The van der Waals surface area contributed by atoms with E-state index in [-0.39, 0.29) is 17.8 Å². The number of esters is 1. The third kappa shape index (κ3) is 3.26. The van der Waals surface area contributed by atoms with Gasteiger partial charge in [-0.3, -0.25) is 9.59 Å². The molecule has 1 fully saturated rings. The number of aromatic nitrogens is 2. The number of hydrogen-bond donors (Lipinski definition) is 0. The predicted molar refractivity (Wildman–Crippen MR) is 85.5 cm³/mol. The molecule has 0 atom stereocenters. The highest BCUT2D eigenvalue weighted by Crippen LogP contribution is 2.19. The van der Waals surface area contributed by atoms with Crippen LogP contribution in [-0.4, -0.2) is 46.4 Å². The van der Waals surface area contributed by atoms with E-state index in [1.807, 2.05) is 28.8 Å². The zero-order valence-corrected chi connectivity index (χ0v) is 13.0. The Morgan fingerprint density at radius 3 is 2.83 bits per heavy atom. The number of carbonyl (C=O) groups is 2. The minimum atomic E-state index is -0.182. The Bertz CT molecular complexity index is 742. The molecule has 23 heavy (non-hydrogen) atoms. The van der Waals surface area contributed by atoms with Crippen LogP contribution in [0.4, 0.5) is 0 Å².